The molecule has 5 nitrogen and oxygen atoms in total. The number of hydrogen-bond acceptors (Lipinski definition) is 5. The highest BCUT2D eigenvalue weighted by atomic mass is 16.5. The van der Waals surface area contributed by atoms with Crippen molar-refractivity contribution in [1.29, 1.82) is 0 Å². The highest BCUT2D eigenvalue weighted by Crippen LogP contribution is 2.15. The molecule has 0 aromatic rings. The standard InChI is InChI=1S/C46H77NO4/c1-5-8-10-12-13-14-15-16-17-18-19-20-21-22-23-26-29-32-36-40-46(49)51-44(38-34-11-9-6-2)39-35-31-28-25-24-27-30-33-37-43-50-45(48)41-42-47(4)7-3/h8,10,13-14,16-17,19-20,22-23,29,31-32,35,44H,5-7,9,11-12,15,18,21,24-28,30,33-34,36-43H2,1-4H3/b10-8-,14-13-,17-16-,20-19-,23-22-,32-29-,35-31-. The lowest BCUT2D eigenvalue weighted by molar-refractivity contribution is -0.149. The van der Waals surface area contributed by atoms with Crippen molar-refractivity contribution in [2.45, 2.75) is 168 Å². The van der Waals surface area contributed by atoms with E-state index in [2.05, 4.69) is 111 Å². The minimum Gasteiger partial charge on any atom is -0.466 e. The molecule has 0 N–H and O–H groups in total. The molecule has 1 unspecified atom stereocenters. The molecule has 0 radical (unpaired) electrons. The lowest BCUT2D eigenvalue weighted by Gasteiger charge is -2.16. The zero-order valence-electron chi connectivity index (χ0n) is 33.4. The van der Waals surface area contributed by atoms with Gasteiger partial charge >= 0.3 is 11.9 Å². The lowest BCUT2D eigenvalue weighted by atomic mass is 10.1. The van der Waals surface area contributed by atoms with Gasteiger partial charge in [0.1, 0.15) is 6.10 Å². The number of rotatable bonds is 35. The van der Waals surface area contributed by atoms with Crippen molar-refractivity contribution in [2.24, 2.45) is 0 Å². The normalized spacial score (nSPS) is 13.2. The van der Waals surface area contributed by atoms with E-state index in [1.165, 1.54) is 44.9 Å². The van der Waals surface area contributed by atoms with Gasteiger partial charge < -0.3 is 14.4 Å². The van der Waals surface area contributed by atoms with Gasteiger partial charge in [0.05, 0.1) is 13.0 Å². The van der Waals surface area contributed by atoms with Crippen LogP contribution in [-0.2, 0) is 19.1 Å². The molecule has 0 aliphatic heterocycles. The molecule has 290 valence electrons. The zero-order valence-corrected chi connectivity index (χ0v) is 33.4. The van der Waals surface area contributed by atoms with Gasteiger partial charge in [0.25, 0.3) is 0 Å². The van der Waals surface area contributed by atoms with E-state index < -0.39 is 0 Å². The molecule has 0 saturated carbocycles. The second kappa shape index (κ2) is 39.9. The van der Waals surface area contributed by atoms with Crippen molar-refractivity contribution in [1.82, 2.24) is 4.90 Å². The van der Waals surface area contributed by atoms with Crippen LogP contribution in [-0.4, -0.2) is 49.7 Å². The monoisotopic (exact) mass is 708 g/mol. The molecule has 0 amide bonds. The van der Waals surface area contributed by atoms with Crippen molar-refractivity contribution in [3.63, 3.8) is 0 Å². The number of esters is 2. The Kier molecular flexibility index (Phi) is 37.6. The molecular weight excluding hydrogens is 631 g/mol. The summed E-state index contributed by atoms with van der Waals surface area (Å²) >= 11 is 0. The summed E-state index contributed by atoms with van der Waals surface area (Å²) in [5, 5.41) is 0. The molecule has 0 aliphatic carbocycles. The molecule has 0 aromatic carbocycles. The van der Waals surface area contributed by atoms with Gasteiger partial charge in [0, 0.05) is 19.4 Å². The Morgan fingerprint density at radius 2 is 1.08 bits per heavy atom. The van der Waals surface area contributed by atoms with Gasteiger partial charge in [-0.15, -0.1) is 0 Å². The van der Waals surface area contributed by atoms with Crippen molar-refractivity contribution in [2.75, 3.05) is 26.7 Å². The number of carbonyl (C=O) groups excluding carboxylic acids is 2. The summed E-state index contributed by atoms with van der Waals surface area (Å²) < 4.78 is 11.3. The fraction of sp³-hybridized carbons (Fsp3) is 0.652. The number of allylic oxidation sites excluding steroid dienone is 13. The first-order chi connectivity index (χ1) is 25.0. The second-order valence-corrected chi connectivity index (χ2v) is 13.4. The Morgan fingerprint density at radius 3 is 1.67 bits per heavy atom. The number of nitrogens with zero attached hydrogens (tertiary/aromatic N) is 1. The first-order valence-corrected chi connectivity index (χ1v) is 20.6. The van der Waals surface area contributed by atoms with Gasteiger partial charge in [0.2, 0.25) is 0 Å². The van der Waals surface area contributed by atoms with Crippen LogP contribution in [0.1, 0.15) is 162 Å². The lowest BCUT2D eigenvalue weighted by Crippen LogP contribution is -2.22. The Bertz CT molecular complexity index is 1000. The fourth-order valence-corrected chi connectivity index (χ4v) is 5.24. The average molecular weight is 708 g/mol. The molecule has 5 heteroatoms. The molecule has 0 saturated heterocycles. The molecule has 0 fully saturated rings. The van der Waals surface area contributed by atoms with E-state index in [4.69, 9.17) is 9.47 Å². The quantitative estimate of drug-likeness (QED) is 0.0373. The Hall–Kier alpha value is -2.92. The summed E-state index contributed by atoms with van der Waals surface area (Å²) in [4.78, 5) is 26.5. The highest BCUT2D eigenvalue weighted by molar-refractivity contribution is 5.70. The van der Waals surface area contributed by atoms with E-state index in [9.17, 15) is 9.59 Å². The summed E-state index contributed by atoms with van der Waals surface area (Å²) in [7, 11) is 2.02. The Balaban J connectivity index is 4.07. The number of unbranched alkanes of at least 4 members (excludes halogenated alkanes) is 9. The van der Waals surface area contributed by atoms with Crippen LogP contribution in [0.3, 0.4) is 0 Å². The van der Waals surface area contributed by atoms with Crippen LogP contribution in [0.15, 0.2) is 85.1 Å². The maximum absolute atomic E-state index is 12.6. The van der Waals surface area contributed by atoms with Crippen molar-refractivity contribution in [3.8, 4) is 0 Å². The van der Waals surface area contributed by atoms with Crippen LogP contribution in [0.4, 0.5) is 0 Å². The summed E-state index contributed by atoms with van der Waals surface area (Å²) in [6.07, 6.45) is 52.9. The van der Waals surface area contributed by atoms with Crippen LogP contribution in [0.25, 0.3) is 0 Å². The van der Waals surface area contributed by atoms with E-state index >= 15 is 0 Å². The van der Waals surface area contributed by atoms with Gasteiger partial charge in [-0.1, -0.05) is 151 Å². The molecule has 0 aliphatic rings. The van der Waals surface area contributed by atoms with Crippen LogP contribution < -0.4 is 0 Å². The third kappa shape index (κ3) is 38.1. The summed E-state index contributed by atoms with van der Waals surface area (Å²) in [5.41, 5.74) is 0. The summed E-state index contributed by atoms with van der Waals surface area (Å²) in [6, 6.07) is 0. The molecule has 0 aromatic heterocycles. The third-order valence-corrected chi connectivity index (χ3v) is 8.62. The van der Waals surface area contributed by atoms with E-state index in [0.29, 0.717) is 19.4 Å². The van der Waals surface area contributed by atoms with Crippen LogP contribution >= 0.6 is 0 Å². The molecular formula is C46H77NO4. The maximum Gasteiger partial charge on any atom is 0.307 e. The van der Waals surface area contributed by atoms with Gasteiger partial charge in [-0.05, 0) is 90.6 Å². The SMILES string of the molecule is CC/C=C\C/C=C\C/C=C\C/C=C\C/C=C\C/C=C\CCC(=O)OC(C/C=C\CCCCCCCCOC(=O)CCN(C)CC)CCCCCC. The third-order valence-electron chi connectivity index (χ3n) is 8.62. The van der Waals surface area contributed by atoms with E-state index in [1.54, 1.807) is 0 Å². The first-order valence-electron chi connectivity index (χ1n) is 20.6. The maximum atomic E-state index is 12.6. The second-order valence-electron chi connectivity index (χ2n) is 13.4. The number of carbonyl (C=O) groups is 2. The van der Waals surface area contributed by atoms with E-state index in [0.717, 1.165) is 96.6 Å². The largest absolute Gasteiger partial charge is 0.466 e. The first kappa shape index (κ1) is 48.1. The number of hydrogen-bond donors (Lipinski definition) is 0. The predicted octanol–water partition coefficient (Wildman–Crippen LogP) is 12.9. The van der Waals surface area contributed by atoms with Gasteiger partial charge in [-0.25, -0.2) is 0 Å². The van der Waals surface area contributed by atoms with Gasteiger partial charge in [-0.3, -0.25) is 9.59 Å². The minimum atomic E-state index is -0.0824. The topological polar surface area (TPSA) is 55.8 Å². The fourth-order valence-electron chi connectivity index (χ4n) is 5.24. The Morgan fingerprint density at radius 1 is 0.549 bits per heavy atom. The number of ether oxygens (including phenoxy) is 2. The summed E-state index contributed by atoms with van der Waals surface area (Å²) in [5.74, 6) is -0.164. The van der Waals surface area contributed by atoms with Gasteiger partial charge in [0.15, 0.2) is 0 Å². The summed E-state index contributed by atoms with van der Waals surface area (Å²) in [6.45, 7) is 8.73. The molecule has 0 heterocycles. The van der Waals surface area contributed by atoms with Crippen molar-refractivity contribution in [3.05, 3.63) is 85.1 Å². The van der Waals surface area contributed by atoms with Gasteiger partial charge in [-0.2, -0.15) is 0 Å². The molecule has 0 bridgehead atoms. The van der Waals surface area contributed by atoms with Crippen molar-refractivity contribution >= 4 is 11.9 Å². The average Bonchev–Trinajstić information content (AvgIpc) is 3.13. The van der Waals surface area contributed by atoms with Crippen LogP contribution in [0.5, 0.6) is 0 Å². The smallest absolute Gasteiger partial charge is 0.307 e. The highest BCUT2D eigenvalue weighted by Gasteiger charge is 2.12. The molecule has 51 heavy (non-hydrogen) atoms. The van der Waals surface area contributed by atoms with E-state index in [1.807, 2.05) is 7.05 Å². The molecule has 1 atom stereocenters. The zero-order chi connectivity index (χ0) is 37.3. The Labute approximate surface area is 315 Å². The molecule has 0 spiro atoms. The van der Waals surface area contributed by atoms with Crippen LogP contribution in [0.2, 0.25) is 0 Å². The van der Waals surface area contributed by atoms with Crippen molar-refractivity contribution < 1.29 is 19.1 Å². The van der Waals surface area contributed by atoms with Crippen LogP contribution in [0, 0.1) is 0 Å². The molecule has 0 rings (SSSR count). The minimum absolute atomic E-state index is 0.0162. The van der Waals surface area contributed by atoms with E-state index in [-0.39, 0.29) is 18.0 Å². The predicted molar refractivity (Wildman–Crippen MR) is 221 cm³/mol.